The van der Waals surface area contributed by atoms with Crippen molar-refractivity contribution >= 4 is 17.6 Å². The third-order valence-corrected chi connectivity index (χ3v) is 3.38. The van der Waals surface area contributed by atoms with Crippen LogP contribution < -0.4 is 10.1 Å². The molecule has 1 aromatic carbocycles. The fraction of sp³-hybridized carbons (Fsp3) is 0.353. The van der Waals surface area contributed by atoms with Gasteiger partial charge in [0.25, 0.3) is 5.91 Å². The topological polar surface area (TPSA) is 84.7 Å². The van der Waals surface area contributed by atoms with Crippen molar-refractivity contribution in [3.8, 4) is 5.75 Å². The van der Waals surface area contributed by atoms with E-state index in [9.17, 15) is 9.59 Å². The predicted molar refractivity (Wildman–Crippen MR) is 88.9 cm³/mol. The summed E-state index contributed by atoms with van der Waals surface area (Å²) in [5.74, 6) is 0.929. The number of carbonyl (C=O) groups excluding carboxylic acids is 2. The second-order valence-electron chi connectivity index (χ2n) is 5.68. The number of hydrogen-bond acceptors (Lipinski definition) is 5. The maximum atomic E-state index is 12.1. The second kappa shape index (κ2) is 7.63. The molecular weight excluding hydrogens is 310 g/mol. The highest BCUT2D eigenvalue weighted by Gasteiger charge is 2.15. The number of amides is 2. The van der Waals surface area contributed by atoms with E-state index >= 15 is 0 Å². The average molecular weight is 331 g/mol. The van der Waals surface area contributed by atoms with Gasteiger partial charge in [-0.1, -0.05) is 22.9 Å². The normalized spacial score (nSPS) is 10.3. The van der Waals surface area contributed by atoms with Gasteiger partial charge in [-0.05, 0) is 32.4 Å². The minimum Gasteiger partial charge on any atom is -0.484 e. The number of benzene rings is 1. The van der Waals surface area contributed by atoms with Crippen molar-refractivity contribution in [3.05, 3.63) is 41.2 Å². The summed E-state index contributed by atoms with van der Waals surface area (Å²) in [7, 11) is 1.54. The highest BCUT2D eigenvalue weighted by atomic mass is 16.5. The Hall–Kier alpha value is -2.83. The van der Waals surface area contributed by atoms with Crippen LogP contribution in [0.5, 0.6) is 5.75 Å². The van der Waals surface area contributed by atoms with Crippen LogP contribution in [0.1, 0.15) is 16.9 Å². The molecular formula is C17H21N3O4. The van der Waals surface area contributed by atoms with Crippen LogP contribution in [-0.2, 0) is 9.59 Å². The Morgan fingerprint density at radius 1 is 1.25 bits per heavy atom. The lowest BCUT2D eigenvalue weighted by atomic mass is 10.1. The smallest absolute Gasteiger partial charge is 0.260 e. The van der Waals surface area contributed by atoms with Crippen LogP contribution in [0.15, 0.2) is 28.8 Å². The molecule has 0 fully saturated rings. The van der Waals surface area contributed by atoms with Gasteiger partial charge in [-0.3, -0.25) is 9.59 Å². The van der Waals surface area contributed by atoms with Gasteiger partial charge >= 0.3 is 0 Å². The molecule has 1 heterocycles. The fourth-order valence-electron chi connectivity index (χ4n) is 2.12. The second-order valence-corrected chi connectivity index (χ2v) is 5.68. The Kier molecular flexibility index (Phi) is 5.57. The summed E-state index contributed by atoms with van der Waals surface area (Å²) in [4.78, 5) is 25.2. The number of rotatable bonds is 6. The summed E-state index contributed by atoms with van der Waals surface area (Å²) in [6, 6.07) is 7.33. The van der Waals surface area contributed by atoms with E-state index in [0.717, 1.165) is 11.1 Å². The van der Waals surface area contributed by atoms with Crippen molar-refractivity contribution in [3.63, 3.8) is 0 Å². The Balaban J connectivity index is 1.82. The number of nitrogens with zero attached hydrogens (tertiary/aromatic N) is 2. The van der Waals surface area contributed by atoms with E-state index in [2.05, 4.69) is 10.5 Å². The van der Waals surface area contributed by atoms with Gasteiger partial charge in [-0.2, -0.15) is 0 Å². The zero-order valence-electron chi connectivity index (χ0n) is 14.3. The van der Waals surface area contributed by atoms with E-state index in [1.807, 2.05) is 32.0 Å². The summed E-state index contributed by atoms with van der Waals surface area (Å²) in [5, 5.41) is 6.22. The Morgan fingerprint density at radius 3 is 2.62 bits per heavy atom. The van der Waals surface area contributed by atoms with E-state index in [1.54, 1.807) is 20.0 Å². The van der Waals surface area contributed by atoms with Gasteiger partial charge in [0.15, 0.2) is 12.4 Å². The first kappa shape index (κ1) is 17.5. The number of anilines is 1. The molecule has 1 aromatic heterocycles. The summed E-state index contributed by atoms with van der Waals surface area (Å²) in [5.41, 5.74) is 2.09. The lowest BCUT2D eigenvalue weighted by Gasteiger charge is -2.17. The third kappa shape index (κ3) is 4.84. The summed E-state index contributed by atoms with van der Waals surface area (Å²) in [6.45, 7) is 5.41. The molecule has 0 spiro atoms. The van der Waals surface area contributed by atoms with Gasteiger partial charge in [-0.15, -0.1) is 0 Å². The molecule has 0 bridgehead atoms. The average Bonchev–Trinajstić information content (AvgIpc) is 2.90. The van der Waals surface area contributed by atoms with Crippen LogP contribution in [0.25, 0.3) is 0 Å². The van der Waals surface area contributed by atoms with Crippen LogP contribution in [0.4, 0.5) is 5.82 Å². The molecule has 0 aliphatic heterocycles. The molecule has 0 unspecified atom stereocenters. The lowest BCUT2D eigenvalue weighted by molar-refractivity contribution is -0.135. The van der Waals surface area contributed by atoms with Gasteiger partial charge < -0.3 is 19.5 Å². The molecule has 0 saturated carbocycles. The molecule has 0 radical (unpaired) electrons. The zero-order chi connectivity index (χ0) is 17.7. The first-order chi connectivity index (χ1) is 11.3. The molecule has 0 aliphatic rings. The fourth-order valence-corrected chi connectivity index (χ4v) is 2.12. The molecule has 2 aromatic rings. The van der Waals surface area contributed by atoms with Gasteiger partial charge in [0.2, 0.25) is 5.91 Å². The van der Waals surface area contributed by atoms with Crippen molar-refractivity contribution in [1.82, 2.24) is 10.1 Å². The van der Waals surface area contributed by atoms with E-state index in [-0.39, 0.29) is 25.0 Å². The molecule has 0 aliphatic carbocycles. The highest BCUT2D eigenvalue weighted by Crippen LogP contribution is 2.18. The summed E-state index contributed by atoms with van der Waals surface area (Å²) >= 11 is 0. The van der Waals surface area contributed by atoms with Crippen LogP contribution >= 0.6 is 0 Å². The SMILES string of the molecule is Cc1ccc(OCC(=O)N(C)CC(=O)Nc2cc(C)on2)c(C)c1. The van der Waals surface area contributed by atoms with Crippen LogP contribution in [-0.4, -0.2) is 42.1 Å². The monoisotopic (exact) mass is 331 g/mol. The van der Waals surface area contributed by atoms with Crippen molar-refractivity contribution < 1.29 is 18.8 Å². The number of likely N-dealkylation sites (N-methyl/N-ethyl adjacent to an activating group) is 1. The first-order valence-electron chi connectivity index (χ1n) is 7.52. The lowest BCUT2D eigenvalue weighted by Crippen LogP contribution is -2.37. The van der Waals surface area contributed by atoms with E-state index in [1.165, 1.54) is 4.90 Å². The summed E-state index contributed by atoms with van der Waals surface area (Å²) in [6.07, 6.45) is 0. The molecule has 24 heavy (non-hydrogen) atoms. The van der Waals surface area contributed by atoms with Crippen LogP contribution in [0.2, 0.25) is 0 Å². The van der Waals surface area contributed by atoms with E-state index in [4.69, 9.17) is 9.26 Å². The molecule has 2 amide bonds. The number of carbonyl (C=O) groups is 2. The molecule has 7 heteroatoms. The minimum absolute atomic E-state index is 0.0962. The maximum absolute atomic E-state index is 12.1. The molecule has 7 nitrogen and oxygen atoms in total. The largest absolute Gasteiger partial charge is 0.484 e. The Morgan fingerprint density at radius 2 is 2.00 bits per heavy atom. The Bertz CT molecular complexity index is 739. The maximum Gasteiger partial charge on any atom is 0.260 e. The van der Waals surface area contributed by atoms with Crippen molar-refractivity contribution in [2.45, 2.75) is 20.8 Å². The molecule has 0 saturated heterocycles. The zero-order valence-corrected chi connectivity index (χ0v) is 14.3. The van der Waals surface area contributed by atoms with Crippen molar-refractivity contribution in [2.24, 2.45) is 0 Å². The standard InChI is InChI=1S/C17H21N3O4/c1-11-5-6-14(12(2)7-11)23-10-17(22)20(4)9-16(21)18-15-8-13(3)24-19-15/h5-8H,9-10H2,1-4H3,(H,18,19,21). The van der Waals surface area contributed by atoms with Crippen LogP contribution in [0.3, 0.4) is 0 Å². The van der Waals surface area contributed by atoms with Crippen molar-refractivity contribution in [1.29, 1.82) is 0 Å². The quantitative estimate of drug-likeness (QED) is 0.876. The van der Waals surface area contributed by atoms with Gasteiger partial charge in [0, 0.05) is 13.1 Å². The predicted octanol–water partition coefficient (Wildman–Crippen LogP) is 2.08. The van der Waals surface area contributed by atoms with E-state index in [0.29, 0.717) is 17.3 Å². The number of nitrogens with one attached hydrogen (secondary N) is 1. The molecule has 0 atom stereocenters. The summed E-state index contributed by atoms with van der Waals surface area (Å²) < 4.78 is 10.4. The number of hydrogen-bond donors (Lipinski definition) is 1. The van der Waals surface area contributed by atoms with Gasteiger partial charge in [-0.25, -0.2) is 0 Å². The number of aryl methyl sites for hydroxylation is 3. The van der Waals surface area contributed by atoms with E-state index < -0.39 is 0 Å². The van der Waals surface area contributed by atoms with Crippen molar-refractivity contribution in [2.75, 3.05) is 25.5 Å². The molecule has 128 valence electrons. The first-order valence-corrected chi connectivity index (χ1v) is 7.52. The van der Waals surface area contributed by atoms with Gasteiger partial charge in [0.05, 0.1) is 6.54 Å². The number of aromatic nitrogens is 1. The van der Waals surface area contributed by atoms with Gasteiger partial charge in [0.1, 0.15) is 11.5 Å². The Labute approximate surface area is 140 Å². The molecule has 1 N–H and O–H groups in total. The third-order valence-electron chi connectivity index (χ3n) is 3.38. The molecule has 2 rings (SSSR count). The minimum atomic E-state index is -0.356. The highest BCUT2D eigenvalue weighted by molar-refractivity contribution is 5.93. The number of ether oxygens (including phenoxy) is 1. The van der Waals surface area contributed by atoms with Crippen LogP contribution in [0, 0.1) is 20.8 Å².